The monoisotopic (exact) mass is 504 g/mol. The molecule has 3 aromatic carbocycles. The zero-order valence-electron chi connectivity index (χ0n) is 18.1. The van der Waals surface area contributed by atoms with Crippen LogP contribution in [0.2, 0.25) is 5.02 Å². The molecule has 1 amide bonds. The number of benzene rings is 3. The zero-order valence-corrected chi connectivity index (χ0v) is 19.7. The van der Waals surface area contributed by atoms with Crippen LogP contribution in [0.4, 0.5) is 5.13 Å². The number of halogens is 1. The van der Waals surface area contributed by atoms with E-state index in [1.54, 1.807) is 36.4 Å². The Hall–Kier alpha value is -3.88. The summed E-state index contributed by atoms with van der Waals surface area (Å²) in [6.45, 7) is 0.818. The van der Waals surface area contributed by atoms with Gasteiger partial charge in [-0.1, -0.05) is 53.3 Å². The molecular formula is C26H17ClN2O5S. The Balaban J connectivity index is 1.53. The van der Waals surface area contributed by atoms with E-state index in [1.807, 2.05) is 30.3 Å². The maximum atomic E-state index is 13.3. The van der Waals surface area contributed by atoms with Crippen LogP contribution in [0.5, 0.6) is 11.5 Å². The Morgan fingerprint density at radius 3 is 2.57 bits per heavy atom. The van der Waals surface area contributed by atoms with Crippen molar-refractivity contribution in [1.82, 2.24) is 4.98 Å². The van der Waals surface area contributed by atoms with Gasteiger partial charge in [0.15, 0.2) is 16.6 Å². The van der Waals surface area contributed by atoms with Gasteiger partial charge in [0, 0.05) is 10.6 Å². The molecule has 1 saturated heterocycles. The summed E-state index contributed by atoms with van der Waals surface area (Å²) in [5.41, 5.74) is 1.66. The van der Waals surface area contributed by atoms with Crippen molar-refractivity contribution in [2.75, 3.05) is 18.1 Å². The van der Waals surface area contributed by atoms with Crippen LogP contribution < -0.4 is 14.4 Å². The summed E-state index contributed by atoms with van der Waals surface area (Å²) in [7, 11) is 0. The lowest BCUT2D eigenvalue weighted by molar-refractivity contribution is -0.132. The van der Waals surface area contributed by atoms with Gasteiger partial charge in [0.25, 0.3) is 5.78 Å². The van der Waals surface area contributed by atoms with Crippen LogP contribution in [0.3, 0.4) is 0 Å². The van der Waals surface area contributed by atoms with Crippen molar-refractivity contribution in [2.45, 2.75) is 6.04 Å². The van der Waals surface area contributed by atoms with Crippen molar-refractivity contribution >= 4 is 55.7 Å². The molecule has 4 aromatic rings. The summed E-state index contributed by atoms with van der Waals surface area (Å²) in [5.74, 6) is -0.817. The van der Waals surface area contributed by atoms with Gasteiger partial charge >= 0.3 is 5.91 Å². The lowest BCUT2D eigenvalue weighted by atomic mass is 9.95. The van der Waals surface area contributed by atoms with E-state index in [4.69, 9.17) is 21.1 Å². The van der Waals surface area contributed by atoms with Gasteiger partial charge < -0.3 is 14.6 Å². The number of aliphatic hydroxyl groups excluding tert-OH is 1. The number of Topliss-reactive ketones (excluding diaryl/α,β-unsaturated/α-hetero) is 1. The van der Waals surface area contributed by atoms with Gasteiger partial charge in [-0.2, -0.15) is 0 Å². The quantitative estimate of drug-likeness (QED) is 0.230. The Bertz CT molecular complexity index is 1530. The van der Waals surface area contributed by atoms with Crippen molar-refractivity contribution in [3.05, 3.63) is 88.5 Å². The Labute approximate surface area is 208 Å². The number of hydrogen-bond donors (Lipinski definition) is 1. The van der Waals surface area contributed by atoms with Gasteiger partial charge in [0.2, 0.25) is 0 Å². The summed E-state index contributed by atoms with van der Waals surface area (Å²) in [6.07, 6.45) is 0. The molecule has 9 heteroatoms. The predicted octanol–water partition coefficient (Wildman–Crippen LogP) is 5.35. The fraction of sp³-hybridized carbons (Fsp3) is 0.115. The fourth-order valence-corrected chi connectivity index (χ4v) is 5.58. The van der Waals surface area contributed by atoms with E-state index in [9.17, 15) is 14.7 Å². The highest BCUT2D eigenvalue weighted by molar-refractivity contribution is 7.22. The van der Waals surface area contributed by atoms with Crippen LogP contribution in [-0.2, 0) is 9.59 Å². The number of anilines is 1. The molecule has 1 atom stereocenters. The number of nitrogens with zero attached hydrogens (tertiary/aromatic N) is 2. The van der Waals surface area contributed by atoms with Crippen molar-refractivity contribution in [1.29, 1.82) is 0 Å². The molecule has 35 heavy (non-hydrogen) atoms. The van der Waals surface area contributed by atoms with Crippen molar-refractivity contribution in [2.24, 2.45) is 0 Å². The van der Waals surface area contributed by atoms with E-state index in [0.29, 0.717) is 51.5 Å². The summed E-state index contributed by atoms with van der Waals surface area (Å²) >= 11 is 7.39. The minimum Gasteiger partial charge on any atom is -0.507 e. The number of aromatic nitrogens is 1. The first-order chi connectivity index (χ1) is 17.0. The highest BCUT2D eigenvalue weighted by atomic mass is 35.5. The largest absolute Gasteiger partial charge is 0.507 e. The summed E-state index contributed by atoms with van der Waals surface area (Å²) in [4.78, 5) is 32.6. The van der Waals surface area contributed by atoms with Crippen molar-refractivity contribution in [3.63, 3.8) is 0 Å². The predicted molar refractivity (Wildman–Crippen MR) is 133 cm³/mol. The molecule has 6 rings (SSSR count). The van der Waals surface area contributed by atoms with E-state index < -0.39 is 17.7 Å². The summed E-state index contributed by atoms with van der Waals surface area (Å²) in [6, 6.07) is 18.4. The number of rotatable bonds is 3. The smallest absolute Gasteiger partial charge is 0.301 e. The third-order valence-electron chi connectivity index (χ3n) is 5.92. The molecular weight excluding hydrogens is 488 g/mol. The molecule has 2 aliphatic rings. The Morgan fingerprint density at radius 1 is 1.00 bits per heavy atom. The highest BCUT2D eigenvalue weighted by Gasteiger charge is 2.48. The SMILES string of the molecule is O=C1C(=O)N(c2nc3ccc(Cl)cc3s2)[C@H](c2ccccc2)/C1=C(\O)c1ccc2c(c1)OCCO2. The maximum absolute atomic E-state index is 13.3. The Kier molecular flexibility index (Phi) is 5.20. The van der Waals surface area contributed by atoms with E-state index in [2.05, 4.69) is 4.98 Å². The van der Waals surface area contributed by atoms with Gasteiger partial charge in [-0.15, -0.1) is 0 Å². The summed E-state index contributed by atoms with van der Waals surface area (Å²) < 4.78 is 12.0. The average Bonchev–Trinajstić information content (AvgIpc) is 3.41. The van der Waals surface area contributed by atoms with Gasteiger partial charge in [-0.25, -0.2) is 4.98 Å². The number of fused-ring (bicyclic) bond motifs is 2. The van der Waals surface area contributed by atoms with Gasteiger partial charge in [0.1, 0.15) is 19.0 Å². The number of ketones is 1. The number of ether oxygens (including phenoxy) is 2. The van der Waals surface area contributed by atoms with Gasteiger partial charge in [-0.05, 0) is 42.0 Å². The van der Waals surface area contributed by atoms with Crippen LogP contribution in [-0.4, -0.2) is 35.0 Å². The molecule has 1 aromatic heterocycles. The second kappa shape index (κ2) is 8.41. The molecule has 0 bridgehead atoms. The fourth-order valence-electron chi connectivity index (χ4n) is 4.32. The molecule has 0 unspecified atom stereocenters. The first-order valence-corrected chi connectivity index (χ1v) is 12.0. The number of amides is 1. The third-order valence-corrected chi connectivity index (χ3v) is 7.17. The summed E-state index contributed by atoms with van der Waals surface area (Å²) in [5, 5.41) is 12.2. The first kappa shape index (κ1) is 21.6. The molecule has 7 nitrogen and oxygen atoms in total. The van der Waals surface area contributed by atoms with Crippen molar-refractivity contribution in [3.8, 4) is 11.5 Å². The number of thiazole rings is 1. The highest BCUT2D eigenvalue weighted by Crippen LogP contribution is 2.45. The van der Waals surface area contributed by atoms with Crippen molar-refractivity contribution < 1.29 is 24.2 Å². The molecule has 0 saturated carbocycles. The third kappa shape index (κ3) is 3.62. The molecule has 0 aliphatic carbocycles. The number of carbonyl (C=O) groups is 2. The number of hydrogen-bond acceptors (Lipinski definition) is 7. The second-order valence-corrected chi connectivity index (χ2v) is 9.49. The molecule has 1 fully saturated rings. The van der Waals surface area contributed by atoms with Gasteiger partial charge in [0.05, 0.1) is 21.8 Å². The lowest BCUT2D eigenvalue weighted by Crippen LogP contribution is -2.29. The molecule has 1 N–H and O–H groups in total. The molecule has 0 spiro atoms. The van der Waals surface area contributed by atoms with E-state index in [-0.39, 0.29) is 11.3 Å². The minimum absolute atomic E-state index is 0.0184. The maximum Gasteiger partial charge on any atom is 0.301 e. The Morgan fingerprint density at radius 2 is 1.77 bits per heavy atom. The van der Waals surface area contributed by atoms with Crippen LogP contribution in [0.1, 0.15) is 17.2 Å². The van der Waals surface area contributed by atoms with Crippen LogP contribution in [0.15, 0.2) is 72.3 Å². The first-order valence-electron chi connectivity index (χ1n) is 10.8. The van der Waals surface area contributed by atoms with Crippen LogP contribution in [0, 0.1) is 0 Å². The van der Waals surface area contributed by atoms with Crippen LogP contribution in [0.25, 0.3) is 16.0 Å². The van der Waals surface area contributed by atoms with E-state index in [0.717, 1.165) is 4.70 Å². The molecule has 2 aliphatic heterocycles. The number of aliphatic hydroxyl groups is 1. The van der Waals surface area contributed by atoms with Gasteiger partial charge in [-0.3, -0.25) is 14.5 Å². The standard InChI is InChI=1S/C26H17ClN2O5S/c27-16-7-8-17-20(13-16)35-26(28-17)29-22(14-4-2-1-3-5-14)21(24(31)25(29)32)23(30)15-6-9-18-19(12-15)34-11-10-33-18/h1-9,12-13,22,30H,10-11H2/b23-21+/t22-/m1/s1. The zero-order chi connectivity index (χ0) is 24.1. The van der Waals surface area contributed by atoms with Crippen LogP contribution >= 0.6 is 22.9 Å². The molecule has 0 radical (unpaired) electrons. The normalized spacial score (nSPS) is 18.9. The van der Waals surface area contributed by atoms with E-state index in [1.165, 1.54) is 16.2 Å². The molecule has 174 valence electrons. The average molecular weight is 505 g/mol. The van der Waals surface area contributed by atoms with E-state index >= 15 is 0 Å². The topological polar surface area (TPSA) is 89.0 Å². The second-order valence-electron chi connectivity index (χ2n) is 8.05. The number of carbonyl (C=O) groups excluding carboxylic acids is 2. The molecule has 3 heterocycles. The minimum atomic E-state index is -0.861. The lowest BCUT2D eigenvalue weighted by Gasteiger charge is -2.23.